The molecule has 19 heavy (non-hydrogen) atoms. The number of hydrogen-bond donors (Lipinski definition) is 1. The third-order valence-corrected chi connectivity index (χ3v) is 4.46. The fourth-order valence-electron chi connectivity index (χ4n) is 3.29. The quantitative estimate of drug-likeness (QED) is 0.812. The molecule has 1 aromatic rings. The molecule has 2 heteroatoms. The van der Waals surface area contributed by atoms with Crippen molar-refractivity contribution in [3.63, 3.8) is 0 Å². The van der Waals surface area contributed by atoms with Crippen LogP contribution in [0.25, 0.3) is 0 Å². The molecule has 1 saturated carbocycles. The molecule has 2 nitrogen and oxygen atoms in total. The Balaban J connectivity index is 2.28. The van der Waals surface area contributed by atoms with E-state index < -0.39 is 0 Å². The molecule has 0 bridgehead atoms. The minimum Gasteiger partial charge on any atom is -0.497 e. The van der Waals surface area contributed by atoms with Gasteiger partial charge in [-0.1, -0.05) is 44.7 Å². The molecular weight excluding hydrogens is 234 g/mol. The van der Waals surface area contributed by atoms with Crippen LogP contribution in [0.5, 0.6) is 5.75 Å². The number of ether oxygens (including phenoxy) is 1. The lowest BCUT2D eigenvalue weighted by atomic mass is 9.74. The Hall–Kier alpha value is -1.02. The maximum atomic E-state index is 5.41. The summed E-state index contributed by atoms with van der Waals surface area (Å²) in [6, 6.07) is 8.70. The Bertz CT molecular complexity index is 381. The van der Waals surface area contributed by atoms with E-state index in [1.54, 1.807) is 7.11 Å². The number of benzene rings is 1. The monoisotopic (exact) mass is 261 g/mol. The first-order valence-electron chi connectivity index (χ1n) is 7.66. The molecule has 0 aromatic heterocycles. The molecule has 0 unspecified atom stereocenters. The lowest BCUT2D eigenvalue weighted by Crippen LogP contribution is -2.38. The highest BCUT2D eigenvalue weighted by molar-refractivity contribution is 5.34. The average molecular weight is 261 g/mol. The van der Waals surface area contributed by atoms with E-state index >= 15 is 0 Å². The summed E-state index contributed by atoms with van der Waals surface area (Å²) in [6.45, 7) is 4.33. The fraction of sp³-hybridized carbons (Fsp3) is 0.647. The van der Waals surface area contributed by atoms with Gasteiger partial charge in [0, 0.05) is 12.0 Å². The van der Waals surface area contributed by atoms with Crippen molar-refractivity contribution in [3.8, 4) is 5.75 Å². The summed E-state index contributed by atoms with van der Waals surface area (Å²) in [5.41, 5.74) is 1.76. The highest BCUT2D eigenvalue weighted by Gasteiger charge is 2.32. The summed E-state index contributed by atoms with van der Waals surface area (Å²) in [4.78, 5) is 0. The smallest absolute Gasteiger partial charge is 0.119 e. The van der Waals surface area contributed by atoms with E-state index in [0.717, 1.165) is 18.8 Å². The minimum atomic E-state index is 0.307. The van der Waals surface area contributed by atoms with E-state index in [1.165, 1.54) is 44.1 Å². The Morgan fingerprint density at radius 3 is 2.53 bits per heavy atom. The van der Waals surface area contributed by atoms with Crippen molar-refractivity contribution in [2.24, 2.45) is 0 Å². The molecule has 1 N–H and O–H groups in total. The van der Waals surface area contributed by atoms with Gasteiger partial charge in [0.1, 0.15) is 5.75 Å². The zero-order valence-electron chi connectivity index (χ0n) is 12.4. The van der Waals surface area contributed by atoms with Gasteiger partial charge in [-0.15, -0.1) is 0 Å². The molecule has 1 fully saturated rings. The van der Waals surface area contributed by atoms with E-state index in [9.17, 15) is 0 Å². The van der Waals surface area contributed by atoms with Gasteiger partial charge >= 0.3 is 0 Å². The Morgan fingerprint density at radius 2 is 1.89 bits per heavy atom. The van der Waals surface area contributed by atoms with Gasteiger partial charge in [0.25, 0.3) is 0 Å². The third kappa shape index (κ3) is 3.50. The van der Waals surface area contributed by atoms with Gasteiger partial charge in [0.15, 0.2) is 0 Å². The normalized spacial score (nSPS) is 18.8. The predicted molar refractivity (Wildman–Crippen MR) is 80.9 cm³/mol. The van der Waals surface area contributed by atoms with Crippen molar-refractivity contribution < 1.29 is 4.74 Å². The second-order valence-electron chi connectivity index (χ2n) is 5.71. The number of methoxy groups -OCH3 is 1. The van der Waals surface area contributed by atoms with Crippen molar-refractivity contribution in [3.05, 3.63) is 29.8 Å². The summed E-state index contributed by atoms with van der Waals surface area (Å²) >= 11 is 0. The molecule has 0 heterocycles. The first kappa shape index (κ1) is 14.4. The maximum absolute atomic E-state index is 5.41. The molecule has 0 atom stereocenters. The fourth-order valence-corrected chi connectivity index (χ4v) is 3.29. The summed E-state index contributed by atoms with van der Waals surface area (Å²) in [6.07, 6.45) is 8.07. The molecule has 1 aliphatic carbocycles. The topological polar surface area (TPSA) is 21.3 Å². The van der Waals surface area contributed by atoms with E-state index in [2.05, 4.69) is 30.4 Å². The summed E-state index contributed by atoms with van der Waals surface area (Å²) in [7, 11) is 1.75. The van der Waals surface area contributed by atoms with E-state index in [4.69, 9.17) is 4.74 Å². The van der Waals surface area contributed by atoms with Gasteiger partial charge in [-0.3, -0.25) is 0 Å². The minimum absolute atomic E-state index is 0.307. The molecule has 0 radical (unpaired) electrons. The second-order valence-corrected chi connectivity index (χ2v) is 5.71. The predicted octanol–water partition coefficient (Wildman–Crippen LogP) is 3.90. The van der Waals surface area contributed by atoms with Crippen LogP contribution in [0, 0.1) is 0 Å². The van der Waals surface area contributed by atoms with Crippen LogP contribution in [0.15, 0.2) is 24.3 Å². The van der Waals surface area contributed by atoms with Crippen LogP contribution in [0.3, 0.4) is 0 Å². The van der Waals surface area contributed by atoms with E-state index in [1.807, 2.05) is 6.07 Å². The van der Waals surface area contributed by atoms with E-state index in [-0.39, 0.29) is 0 Å². The number of hydrogen-bond acceptors (Lipinski definition) is 2. The molecular formula is C17H27NO. The zero-order valence-corrected chi connectivity index (χ0v) is 12.4. The molecule has 0 aliphatic heterocycles. The van der Waals surface area contributed by atoms with Crippen LogP contribution < -0.4 is 10.1 Å². The van der Waals surface area contributed by atoms with Gasteiger partial charge in [-0.2, -0.15) is 0 Å². The Kier molecular flexibility index (Phi) is 5.26. The molecule has 0 spiro atoms. The van der Waals surface area contributed by atoms with Crippen molar-refractivity contribution in [1.82, 2.24) is 5.32 Å². The van der Waals surface area contributed by atoms with Crippen molar-refractivity contribution in [1.29, 1.82) is 0 Å². The first-order valence-corrected chi connectivity index (χ1v) is 7.66. The van der Waals surface area contributed by atoms with Crippen molar-refractivity contribution in [2.75, 3.05) is 20.2 Å². The zero-order chi connectivity index (χ0) is 13.6. The van der Waals surface area contributed by atoms with Gasteiger partial charge in [0.05, 0.1) is 7.11 Å². The number of rotatable bonds is 5. The van der Waals surface area contributed by atoms with Crippen molar-refractivity contribution >= 4 is 0 Å². The molecule has 106 valence electrons. The largest absolute Gasteiger partial charge is 0.497 e. The summed E-state index contributed by atoms with van der Waals surface area (Å²) in [5, 5.41) is 3.58. The lowest BCUT2D eigenvalue weighted by molar-refractivity contribution is 0.347. The van der Waals surface area contributed by atoms with Crippen molar-refractivity contribution in [2.45, 2.75) is 50.9 Å². The van der Waals surface area contributed by atoms with Gasteiger partial charge in [-0.05, 0) is 37.1 Å². The van der Waals surface area contributed by atoms with Crippen LogP contribution in [0.4, 0.5) is 0 Å². The third-order valence-electron chi connectivity index (χ3n) is 4.46. The molecule has 0 amide bonds. The highest BCUT2D eigenvalue weighted by Crippen LogP contribution is 2.39. The second kappa shape index (κ2) is 6.95. The standard InChI is InChI=1S/C17H27NO/c1-3-18-14-17(11-6-4-5-7-12-17)15-9-8-10-16(13-15)19-2/h8-10,13,18H,3-7,11-12,14H2,1-2H3. The maximum Gasteiger partial charge on any atom is 0.119 e. The number of nitrogens with one attached hydrogen (secondary N) is 1. The van der Waals surface area contributed by atoms with Crippen LogP contribution >= 0.6 is 0 Å². The lowest BCUT2D eigenvalue weighted by Gasteiger charge is -2.34. The van der Waals surface area contributed by atoms with Gasteiger partial charge < -0.3 is 10.1 Å². The van der Waals surface area contributed by atoms with Crippen LogP contribution in [-0.2, 0) is 5.41 Å². The Labute approximate surface area is 117 Å². The summed E-state index contributed by atoms with van der Waals surface area (Å²) < 4.78 is 5.41. The van der Waals surface area contributed by atoms with Gasteiger partial charge in [0.2, 0.25) is 0 Å². The molecule has 0 saturated heterocycles. The first-order chi connectivity index (χ1) is 9.30. The Morgan fingerprint density at radius 1 is 1.16 bits per heavy atom. The van der Waals surface area contributed by atoms with Crippen LogP contribution in [-0.4, -0.2) is 20.2 Å². The number of likely N-dealkylation sites (N-methyl/N-ethyl adjacent to an activating group) is 1. The van der Waals surface area contributed by atoms with Gasteiger partial charge in [-0.25, -0.2) is 0 Å². The highest BCUT2D eigenvalue weighted by atomic mass is 16.5. The molecule has 1 aromatic carbocycles. The SMILES string of the molecule is CCNCC1(c2cccc(OC)c2)CCCCCC1. The molecule has 2 rings (SSSR count). The average Bonchev–Trinajstić information content (AvgIpc) is 2.72. The molecule has 1 aliphatic rings. The van der Waals surface area contributed by atoms with Crippen LogP contribution in [0.1, 0.15) is 51.0 Å². The summed E-state index contributed by atoms with van der Waals surface area (Å²) in [5.74, 6) is 0.984. The van der Waals surface area contributed by atoms with E-state index in [0.29, 0.717) is 5.41 Å². The van der Waals surface area contributed by atoms with Crippen LogP contribution in [0.2, 0.25) is 0 Å².